The van der Waals surface area contributed by atoms with Crippen LogP contribution in [0, 0.1) is 11.3 Å². The zero-order valence-electron chi connectivity index (χ0n) is 22.2. The molecule has 0 aliphatic rings. The van der Waals surface area contributed by atoms with Crippen molar-refractivity contribution in [2.75, 3.05) is 18.6 Å². The Labute approximate surface area is 217 Å². The normalized spacial score (nSPS) is 12.8. The zero-order valence-corrected chi connectivity index (χ0v) is 19.9. The Hall–Kier alpha value is -4.48. The maximum atomic E-state index is 13.6. The number of carbonyl (C=O) groups is 2. The van der Waals surface area contributed by atoms with Crippen LogP contribution in [0.15, 0.2) is 77.8 Å². The molecule has 0 unspecified atom stereocenters. The fourth-order valence-corrected chi connectivity index (χ4v) is 3.77. The number of aromatic nitrogens is 2. The van der Waals surface area contributed by atoms with Gasteiger partial charge in [0, 0.05) is 28.9 Å². The predicted octanol–water partition coefficient (Wildman–Crippen LogP) is 4.97. The Morgan fingerprint density at radius 2 is 1.92 bits per heavy atom. The molecule has 0 aliphatic heterocycles. The summed E-state index contributed by atoms with van der Waals surface area (Å²) < 4.78 is 29.9. The van der Waals surface area contributed by atoms with Crippen molar-refractivity contribution >= 4 is 51.1 Å². The van der Waals surface area contributed by atoms with E-state index in [1.165, 1.54) is 30.2 Å². The number of nitrogens with zero attached hydrogens (tertiary/aromatic N) is 5. The molecule has 1 amide bonds. The summed E-state index contributed by atoms with van der Waals surface area (Å²) in [7, 11) is 1.28. The van der Waals surface area contributed by atoms with E-state index in [1.807, 2.05) is 12.1 Å². The largest absolute Gasteiger partial charge is 0.469 e. The monoisotopic (exact) mass is 502 g/mol. The van der Waals surface area contributed by atoms with Gasteiger partial charge in [-0.1, -0.05) is 29.8 Å². The van der Waals surface area contributed by atoms with Crippen LogP contribution >= 0.6 is 11.6 Å². The van der Waals surface area contributed by atoms with E-state index in [1.54, 1.807) is 48.5 Å². The third-order valence-electron chi connectivity index (χ3n) is 5.39. The molecular weight excluding hydrogens is 478 g/mol. The van der Waals surface area contributed by atoms with Crippen LogP contribution in [0.3, 0.4) is 0 Å². The fourth-order valence-electron chi connectivity index (χ4n) is 3.54. The van der Waals surface area contributed by atoms with Crippen molar-refractivity contribution in [1.29, 1.82) is 5.26 Å². The summed E-state index contributed by atoms with van der Waals surface area (Å²) in [5, 5.41) is 8.81. The van der Waals surface area contributed by atoms with E-state index in [-0.39, 0.29) is 40.6 Å². The van der Waals surface area contributed by atoms with Crippen LogP contribution in [0.1, 0.15) is 32.3 Å². The minimum Gasteiger partial charge on any atom is -0.469 e. The first-order chi connectivity index (χ1) is 18.6. The lowest BCUT2D eigenvalue weighted by Gasteiger charge is -2.22. The molecule has 0 N–H and O–H groups in total. The molecule has 0 bridgehead atoms. The lowest BCUT2D eigenvalue weighted by atomic mass is 10.1. The van der Waals surface area contributed by atoms with Gasteiger partial charge >= 0.3 is 5.97 Å². The maximum absolute atomic E-state index is 13.6. The Morgan fingerprint density at radius 3 is 2.58 bits per heavy atom. The number of fused-ring (bicyclic) bond motifs is 1. The van der Waals surface area contributed by atoms with Crippen molar-refractivity contribution in [2.24, 2.45) is 12.0 Å². The van der Waals surface area contributed by atoms with E-state index >= 15 is 0 Å². The molecule has 3 aromatic carbocycles. The fraction of sp³-hybridized carbons (Fsp3) is 0.148. The number of aliphatic imine (C=N–C) groups is 1. The lowest BCUT2D eigenvalue weighted by molar-refractivity contribution is -0.140. The van der Waals surface area contributed by atoms with Crippen LogP contribution in [0.4, 0.5) is 11.4 Å². The van der Waals surface area contributed by atoms with Crippen molar-refractivity contribution in [2.45, 2.75) is 6.42 Å². The quantitative estimate of drug-likeness (QED) is 0.262. The number of hydrogen-bond donors (Lipinski definition) is 0. The predicted molar refractivity (Wildman–Crippen MR) is 139 cm³/mol. The van der Waals surface area contributed by atoms with Crippen molar-refractivity contribution in [3.63, 3.8) is 0 Å². The number of esters is 1. The molecule has 0 spiro atoms. The molecule has 1 aromatic heterocycles. The number of para-hydroxylation sites is 1. The van der Waals surface area contributed by atoms with E-state index in [0.717, 1.165) is 4.57 Å². The zero-order chi connectivity index (χ0) is 28.2. The Bertz CT molecular complexity index is 1590. The van der Waals surface area contributed by atoms with Crippen LogP contribution in [0.2, 0.25) is 0 Å². The molecule has 0 atom stereocenters. The number of benzene rings is 3. The van der Waals surface area contributed by atoms with E-state index < -0.39 is 18.9 Å². The van der Waals surface area contributed by atoms with Crippen molar-refractivity contribution < 1.29 is 18.4 Å². The number of carbonyl (C=O) groups excluding carboxylic acids is 2. The lowest BCUT2D eigenvalue weighted by Crippen LogP contribution is -2.33. The smallest absolute Gasteiger partial charge is 0.307 e. The van der Waals surface area contributed by atoms with Gasteiger partial charge in [0.2, 0.25) is 0 Å². The summed E-state index contributed by atoms with van der Waals surface area (Å²) in [6.07, 6.45) is -0.0153. The summed E-state index contributed by atoms with van der Waals surface area (Å²) in [4.78, 5) is 35.5. The van der Waals surface area contributed by atoms with Gasteiger partial charge in [-0.05, 0) is 54.6 Å². The van der Waals surface area contributed by atoms with Crippen LogP contribution in [-0.4, -0.2) is 40.3 Å². The van der Waals surface area contributed by atoms with E-state index in [0.29, 0.717) is 16.9 Å². The van der Waals surface area contributed by atoms with Crippen LogP contribution in [0.25, 0.3) is 11.0 Å². The van der Waals surface area contributed by atoms with E-state index in [2.05, 4.69) is 9.98 Å². The second kappa shape index (κ2) is 10.8. The first-order valence-electron chi connectivity index (χ1n) is 12.3. The summed E-state index contributed by atoms with van der Waals surface area (Å²) >= 11 is 6.45. The van der Waals surface area contributed by atoms with Crippen molar-refractivity contribution in [3.8, 4) is 6.07 Å². The molecule has 8 nitrogen and oxygen atoms in total. The molecule has 180 valence electrons. The van der Waals surface area contributed by atoms with Gasteiger partial charge in [-0.2, -0.15) is 5.26 Å². The number of halogens is 1. The molecule has 36 heavy (non-hydrogen) atoms. The average Bonchev–Trinajstić information content (AvgIpc) is 3.34. The molecule has 0 saturated carbocycles. The number of rotatable bonds is 7. The van der Waals surface area contributed by atoms with Gasteiger partial charge < -0.3 is 14.2 Å². The van der Waals surface area contributed by atoms with Crippen molar-refractivity contribution in [3.05, 3.63) is 89.7 Å². The standard InChI is InChI=1S/C27H22ClN5O3/c1-32-23-13-10-19(27(35)33(15-14-24(34)36-2)21-6-4-3-5-7-21)16-22(23)31-26(32)25(28)30-20-11-8-18(17-29)9-12-20/h3-13,16H,14-15H2,1-2H3/i1D3. The number of methoxy groups -OCH3 is 1. The van der Waals surface area contributed by atoms with Gasteiger partial charge in [-0.3, -0.25) is 9.59 Å². The highest BCUT2D eigenvalue weighted by atomic mass is 35.5. The van der Waals surface area contributed by atoms with Gasteiger partial charge in [0.25, 0.3) is 5.91 Å². The summed E-state index contributed by atoms with van der Waals surface area (Å²) in [6.45, 7) is -2.57. The van der Waals surface area contributed by atoms with Gasteiger partial charge in [-0.15, -0.1) is 0 Å². The molecule has 0 radical (unpaired) electrons. The summed E-state index contributed by atoms with van der Waals surface area (Å²) in [5.74, 6) is -0.975. The number of amides is 1. The molecule has 0 aliphatic carbocycles. The minimum atomic E-state index is -2.65. The number of nitriles is 1. The number of anilines is 1. The van der Waals surface area contributed by atoms with Gasteiger partial charge in [0.1, 0.15) is 0 Å². The van der Waals surface area contributed by atoms with E-state index in [4.69, 9.17) is 25.7 Å². The third-order valence-corrected chi connectivity index (χ3v) is 5.64. The Kier molecular flexibility index (Phi) is 6.28. The Morgan fingerprint density at radius 1 is 1.17 bits per heavy atom. The van der Waals surface area contributed by atoms with E-state index in [9.17, 15) is 9.59 Å². The minimum absolute atomic E-state index is 0.0153. The number of hydrogen-bond acceptors (Lipinski definition) is 6. The first-order valence-corrected chi connectivity index (χ1v) is 11.2. The average molecular weight is 503 g/mol. The topological polar surface area (TPSA) is 101 Å². The first kappa shape index (κ1) is 20.9. The molecule has 4 aromatic rings. The van der Waals surface area contributed by atoms with Gasteiger partial charge in [-0.25, -0.2) is 9.98 Å². The molecule has 9 heteroatoms. The number of aryl methyl sites for hydroxylation is 1. The van der Waals surface area contributed by atoms with Crippen LogP contribution in [0.5, 0.6) is 0 Å². The van der Waals surface area contributed by atoms with Gasteiger partial charge in [0.15, 0.2) is 11.0 Å². The number of imidazole rings is 1. The molecule has 1 heterocycles. The Balaban J connectivity index is 1.76. The molecule has 4 rings (SSSR count). The maximum Gasteiger partial charge on any atom is 0.307 e. The highest BCUT2D eigenvalue weighted by molar-refractivity contribution is 6.69. The molecule has 0 fully saturated rings. The second-order valence-electron chi connectivity index (χ2n) is 7.65. The highest BCUT2D eigenvalue weighted by Crippen LogP contribution is 2.23. The SMILES string of the molecule is [2H]C([2H])([2H])n1c(C(Cl)=Nc2ccc(C#N)cc2)nc2cc(C(=O)N(CCC(=O)OC)c3ccccc3)ccc21. The van der Waals surface area contributed by atoms with Crippen LogP contribution in [-0.2, 0) is 16.5 Å². The molecule has 0 saturated heterocycles. The highest BCUT2D eigenvalue weighted by Gasteiger charge is 2.21. The van der Waals surface area contributed by atoms with Crippen LogP contribution < -0.4 is 4.90 Å². The molecular formula is C27H22ClN5O3. The summed E-state index contributed by atoms with van der Waals surface area (Å²) in [6, 6.07) is 21.6. The van der Waals surface area contributed by atoms with Crippen molar-refractivity contribution in [1.82, 2.24) is 9.55 Å². The summed E-state index contributed by atoms with van der Waals surface area (Å²) in [5.41, 5.74) is 2.11. The van der Waals surface area contributed by atoms with Gasteiger partial charge in [0.05, 0.1) is 41.9 Å². The second-order valence-corrected chi connectivity index (χ2v) is 8.01. The number of ether oxygens (including phenoxy) is 1. The third kappa shape index (κ3) is 5.27.